The topological polar surface area (TPSA) is 61.8 Å². The first-order valence-corrected chi connectivity index (χ1v) is 7.87. The Balaban J connectivity index is 2.85. The van der Waals surface area contributed by atoms with Gasteiger partial charge in [-0.3, -0.25) is 4.79 Å². The molecule has 0 radical (unpaired) electrons. The van der Waals surface area contributed by atoms with Gasteiger partial charge in [-0.05, 0) is 44.5 Å². The summed E-state index contributed by atoms with van der Waals surface area (Å²) in [5.74, 6) is -0.128. The van der Waals surface area contributed by atoms with E-state index >= 15 is 0 Å². The molecule has 1 rings (SSSR count). The van der Waals surface area contributed by atoms with Crippen molar-refractivity contribution in [1.29, 1.82) is 0 Å². The van der Waals surface area contributed by atoms with Crippen molar-refractivity contribution in [2.75, 3.05) is 25.0 Å². The summed E-state index contributed by atoms with van der Waals surface area (Å²) in [7, 11) is 1.76. The zero-order valence-electron chi connectivity index (χ0n) is 14.1. The highest BCUT2D eigenvalue weighted by molar-refractivity contribution is 5.75. The van der Waals surface area contributed by atoms with Crippen LogP contribution in [0.25, 0.3) is 0 Å². The second-order valence-electron chi connectivity index (χ2n) is 5.75. The molecular formula is C17H28N2O3. The SMILES string of the molecule is CCCCNCc1ccc(N(C)CC(=O)O)c(OC(C)C)c1. The summed E-state index contributed by atoms with van der Waals surface area (Å²) in [6, 6.07) is 5.93. The molecule has 0 saturated carbocycles. The van der Waals surface area contributed by atoms with Crippen LogP contribution in [0, 0.1) is 0 Å². The van der Waals surface area contributed by atoms with Crippen LogP contribution in [0.1, 0.15) is 39.2 Å². The molecule has 0 fully saturated rings. The van der Waals surface area contributed by atoms with Gasteiger partial charge in [-0.2, -0.15) is 0 Å². The minimum Gasteiger partial charge on any atom is -0.489 e. The Hall–Kier alpha value is -1.75. The van der Waals surface area contributed by atoms with Gasteiger partial charge in [0.2, 0.25) is 0 Å². The smallest absolute Gasteiger partial charge is 0.323 e. The van der Waals surface area contributed by atoms with Crippen LogP contribution in [0.5, 0.6) is 5.75 Å². The number of ether oxygens (including phenoxy) is 1. The van der Waals surface area contributed by atoms with Crippen LogP contribution in [0.4, 0.5) is 5.69 Å². The molecule has 0 heterocycles. The van der Waals surface area contributed by atoms with Crippen LogP contribution >= 0.6 is 0 Å². The van der Waals surface area contributed by atoms with E-state index in [0.717, 1.165) is 36.5 Å². The highest BCUT2D eigenvalue weighted by Gasteiger charge is 2.13. The fourth-order valence-corrected chi connectivity index (χ4v) is 2.15. The molecule has 1 aromatic rings. The van der Waals surface area contributed by atoms with Crippen molar-refractivity contribution in [3.63, 3.8) is 0 Å². The first-order valence-electron chi connectivity index (χ1n) is 7.87. The second-order valence-corrected chi connectivity index (χ2v) is 5.75. The first-order chi connectivity index (χ1) is 10.4. The number of likely N-dealkylation sites (N-methyl/N-ethyl adjacent to an activating group) is 1. The van der Waals surface area contributed by atoms with Gasteiger partial charge < -0.3 is 20.1 Å². The number of benzene rings is 1. The minimum absolute atomic E-state index is 0.0419. The lowest BCUT2D eigenvalue weighted by Gasteiger charge is -2.22. The van der Waals surface area contributed by atoms with E-state index in [1.807, 2.05) is 32.0 Å². The number of carboxylic acids is 1. The van der Waals surface area contributed by atoms with Crippen molar-refractivity contribution in [3.8, 4) is 5.75 Å². The van der Waals surface area contributed by atoms with Gasteiger partial charge in [0, 0.05) is 13.6 Å². The number of hydrogen-bond donors (Lipinski definition) is 2. The third-order valence-corrected chi connectivity index (χ3v) is 3.21. The van der Waals surface area contributed by atoms with Crippen LogP contribution in [0.2, 0.25) is 0 Å². The van der Waals surface area contributed by atoms with Gasteiger partial charge in [0.25, 0.3) is 0 Å². The van der Waals surface area contributed by atoms with E-state index in [4.69, 9.17) is 9.84 Å². The molecule has 0 aliphatic rings. The maximum atomic E-state index is 10.9. The molecule has 0 atom stereocenters. The Kier molecular flexibility index (Phi) is 7.74. The van der Waals surface area contributed by atoms with E-state index in [0.29, 0.717) is 0 Å². The molecule has 0 aromatic heterocycles. The number of nitrogens with one attached hydrogen (secondary N) is 1. The lowest BCUT2D eigenvalue weighted by Crippen LogP contribution is -2.26. The fraction of sp³-hybridized carbons (Fsp3) is 0.588. The summed E-state index contributed by atoms with van der Waals surface area (Å²) in [5, 5.41) is 12.3. The van der Waals surface area contributed by atoms with Crippen LogP contribution in [-0.2, 0) is 11.3 Å². The van der Waals surface area contributed by atoms with Crippen LogP contribution in [0.3, 0.4) is 0 Å². The largest absolute Gasteiger partial charge is 0.489 e. The third kappa shape index (κ3) is 6.35. The average Bonchev–Trinajstić information content (AvgIpc) is 2.42. The number of carbonyl (C=O) groups is 1. The molecule has 22 heavy (non-hydrogen) atoms. The summed E-state index contributed by atoms with van der Waals surface area (Å²) in [6.45, 7) is 7.83. The lowest BCUT2D eigenvalue weighted by molar-refractivity contribution is -0.135. The van der Waals surface area contributed by atoms with Crippen molar-refractivity contribution < 1.29 is 14.6 Å². The third-order valence-electron chi connectivity index (χ3n) is 3.21. The van der Waals surface area contributed by atoms with E-state index in [-0.39, 0.29) is 12.6 Å². The predicted molar refractivity (Wildman–Crippen MR) is 89.7 cm³/mol. The molecule has 0 spiro atoms. The molecule has 124 valence electrons. The van der Waals surface area contributed by atoms with Gasteiger partial charge in [-0.1, -0.05) is 19.4 Å². The Morgan fingerprint density at radius 2 is 2.14 bits per heavy atom. The summed E-state index contributed by atoms with van der Waals surface area (Å²) >= 11 is 0. The molecule has 0 amide bonds. The number of unbranched alkanes of at least 4 members (excludes halogenated alkanes) is 1. The Morgan fingerprint density at radius 3 is 2.73 bits per heavy atom. The molecule has 0 aliphatic heterocycles. The van der Waals surface area contributed by atoms with Crippen molar-refractivity contribution in [2.24, 2.45) is 0 Å². The van der Waals surface area contributed by atoms with Crippen molar-refractivity contribution >= 4 is 11.7 Å². The quantitative estimate of drug-likeness (QED) is 0.651. The van der Waals surface area contributed by atoms with Crippen molar-refractivity contribution in [1.82, 2.24) is 5.32 Å². The molecule has 5 heteroatoms. The molecular weight excluding hydrogens is 280 g/mol. The zero-order valence-corrected chi connectivity index (χ0v) is 14.1. The molecule has 2 N–H and O–H groups in total. The van der Waals surface area contributed by atoms with E-state index in [2.05, 4.69) is 12.2 Å². The standard InChI is InChI=1S/C17H28N2O3/c1-5-6-9-18-11-14-7-8-15(19(4)12-17(20)21)16(10-14)22-13(2)3/h7-8,10,13,18H,5-6,9,11-12H2,1-4H3,(H,20,21). The Morgan fingerprint density at radius 1 is 1.41 bits per heavy atom. The number of aliphatic carboxylic acids is 1. The molecule has 0 saturated heterocycles. The van der Waals surface area contributed by atoms with Gasteiger partial charge in [0.05, 0.1) is 11.8 Å². The van der Waals surface area contributed by atoms with Gasteiger partial charge in [0.1, 0.15) is 12.3 Å². The van der Waals surface area contributed by atoms with Crippen LogP contribution in [-0.4, -0.2) is 37.3 Å². The summed E-state index contributed by atoms with van der Waals surface area (Å²) in [6.07, 6.45) is 2.38. The second kappa shape index (κ2) is 9.30. The first kappa shape index (κ1) is 18.3. The van der Waals surface area contributed by atoms with E-state index < -0.39 is 5.97 Å². The molecule has 0 aliphatic carbocycles. The number of anilines is 1. The maximum Gasteiger partial charge on any atom is 0.323 e. The van der Waals surface area contributed by atoms with Gasteiger partial charge >= 0.3 is 5.97 Å². The highest BCUT2D eigenvalue weighted by atomic mass is 16.5. The van der Waals surface area contributed by atoms with E-state index in [1.165, 1.54) is 6.42 Å². The van der Waals surface area contributed by atoms with Gasteiger partial charge in [0.15, 0.2) is 0 Å². The van der Waals surface area contributed by atoms with E-state index in [9.17, 15) is 4.79 Å². The highest BCUT2D eigenvalue weighted by Crippen LogP contribution is 2.29. The Labute approximate surface area is 133 Å². The normalized spacial score (nSPS) is 10.8. The summed E-state index contributed by atoms with van der Waals surface area (Å²) < 4.78 is 5.85. The summed E-state index contributed by atoms with van der Waals surface area (Å²) in [5.41, 5.74) is 1.94. The minimum atomic E-state index is -0.858. The maximum absolute atomic E-state index is 10.9. The van der Waals surface area contributed by atoms with Gasteiger partial charge in [-0.15, -0.1) is 0 Å². The summed E-state index contributed by atoms with van der Waals surface area (Å²) in [4.78, 5) is 12.6. The number of rotatable bonds is 10. The molecule has 0 bridgehead atoms. The molecule has 1 aromatic carbocycles. The predicted octanol–water partition coefficient (Wildman–Crippen LogP) is 2.88. The zero-order chi connectivity index (χ0) is 16.5. The number of nitrogens with zero attached hydrogens (tertiary/aromatic N) is 1. The van der Waals surface area contributed by atoms with E-state index in [1.54, 1.807) is 11.9 Å². The fourth-order valence-electron chi connectivity index (χ4n) is 2.15. The molecule has 5 nitrogen and oxygen atoms in total. The van der Waals surface area contributed by atoms with Crippen LogP contribution in [0.15, 0.2) is 18.2 Å². The van der Waals surface area contributed by atoms with Crippen molar-refractivity contribution in [3.05, 3.63) is 23.8 Å². The molecule has 0 unspecified atom stereocenters. The van der Waals surface area contributed by atoms with Crippen LogP contribution < -0.4 is 15.0 Å². The van der Waals surface area contributed by atoms with Gasteiger partial charge in [-0.25, -0.2) is 0 Å². The number of hydrogen-bond acceptors (Lipinski definition) is 4. The average molecular weight is 308 g/mol. The lowest BCUT2D eigenvalue weighted by atomic mass is 10.1. The Bertz CT molecular complexity index is 475. The van der Waals surface area contributed by atoms with Crippen molar-refractivity contribution in [2.45, 2.75) is 46.3 Å². The number of carboxylic acid groups (broad SMARTS) is 1. The monoisotopic (exact) mass is 308 g/mol.